The van der Waals surface area contributed by atoms with Crippen LogP contribution in [0.4, 0.5) is 5.69 Å². The summed E-state index contributed by atoms with van der Waals surface area (Å²) in [6.07, 6.45) is 5.59. The number of thiazole rings is 1. The molecular formula is C20H33N5O3S2. The molecule has 2 heterocycles. The van der Waals surface area contributed by atoms with Crippen molar-refractivity contribution in [2.45, 2.75) is 62.7 Å². The summed E-state index contributed by atoms with van der Waals surface area (Å²) in [5.41, 5.74) is 8.93. The number of anilines is 1. The molecule has 0 aromatic carbocycles. The normalized spacial score (nSPS) is 14.1. The number of amides is 1. The average molecular weight is 456 g/mol. The molecule has 0 saturated heterocycles. The van der Waals surface area contributed by atoms with Crippen LogP contribution in [0.15, 0.2) is 10.4 Å². The quantitative estimate of drug-likeness (QED) is 0.329. The molecule has 0 bridgehead atoms. The number of rotatable bonds is 6. The van der Waals surface area contributed by atoms with Crippen molar-refractivity contribution in [1.82, 2.24) is 9.97 Å². The summed E-state index contributed by atoms with van der Waals surface area (Å²) in [5.74, 6) is 0.390. The average Bonchev–Trinajstić information content (AvgIpc) is 3.39. The molecule has 1 aliphatic carbocycles. The molecule has 168 valence electrons. The number of aryl methyl sites for hydroxylation is 2. The molecule has 1 unspecified atom stereocenters. The lowest BCUT2D eigenvalue weighted by Crippen LogP contribution is -2.25. The van der Waals surface area contributed by atoms with Crippen molar-refractivity contribution < 1.29 is 15.0 Å². The molecule has 2 aromatic heterocycles. The van der Waals surface area contributed by atoms with Gasteiger partial charge in [-0.15, -0.1) is 11.3 Å². The Bertz CT molecular complexity index is 825. The van der Waals surface area contributed by atoms with Gasteiger partial charge >= 0.3 is 0 Å². The number of aromatic nitrogens is 2. The molecule has 3 rings (SSSR count). The van der Waals surface area contributed by atoms with E-state index in [1.165, 1.54) is 42.1 Å². The summed E-state index contributed by atoms with van der Waals surface area (Å²) < 4.78 is 0.818. The van der Waals surface area contributed by atoms with Crippen LogP contribution in [-0.4, -0.2) is 40.2 Å². The Balaban J connectivity index is 0.000000287. The minimum Gasteiger partial charge on any atom is -0.393 e. The van der Waals surface area contributed by atoms with Crippen molar-refractivity contribution in [2.75, 3.05) is 19.0 Å². The fourth-order valence-corrected chi connectivity index (χ4v) is 4.52. The largest absolute Gasteiger partial charge is 0.393 e. The van der Waals surface area contributed by atoms with Crippen molar-refractivity contribution in [3.05, 3.63) is 33.7 Å². The summed E-state index contributed by atoms with van der Waals surface area (Å²) in [6.45, 7) is 7.48. The van der Waals surface area contributed by atoms with Crippen LogP contribution in [0.3, 0.4) is 0 Å². The fraction of sp³-hybridized carbons (Fsp3) is 0.550. The lowest BCUT2D eigenvalue weighted by Gasteiger charge is -2.18. The third-order valence-electron chi connectivity index (χ3n) is 4.60. The first-order chi connectivity index (χ1) is 14.2. The Morgan fingerprint density at radius 2 is 2.07 bits per heavy atom. The number of nitrogens with two attached hydrogens (primary N) is 2. The lowest BCUT2D eigenvalue weighted by atomic mass is 9.96. The second-order valence-electron chi connectivity index (χ2n) is 7.22. The summed E-state index contributed by atoms with van der Waals surface area (Å²) in [5, 5.41) is 27.0. The molecule has 2 aromatic rings. The second kappa shape index (κ2) is 12.3. The zero-order valence-corrected chi connectivity index (χ0v) is 19.9. The smallest absolute Gasteiger partial charge is 0.211 e. The highest BCUT2D eigenvalue weighted by Gasteiger charge is 2.25. The highest BCUT2D eigenvalue weighted by Crippen LogP contribution is 2.35. The summed E-state index contributed by atoms with van der Waals surface area (Å²) in [4.78, 5) is 19.3. The van der Waals surface area contributed by atoms with E-state index in [0.717, 1.165) is 53.2 Å². The second-order valence-corrected chi connectivity index (χ2v) is 9.18. The zero-order chi connectivity index (χ0) is 22.9. The number of aliphatic hydroxyl groups excluding tert-OH is 1. The van der Waals surface area contributed by atoms with E-state index in [1.807, 2.05) is 6.92 Å². The van der Waals surface area contributed by atoms with Crippen molar-refractivity contribution in [3.8, 4) is 0 Å². The third-order valence-corrected chi connectivity index (χ3v) is 6.52. The topological polar surface area (TPSA) is 147 Å². The molecule has 0 spiro atoms. The van der Waals surface area contributed by atoms with Crippen LogP contribution in [0.1, 0.15) is 60.6 Å². The van der Waals surface area contributed by atoms with E-state index in [0.29, 0.717) is 10.9 Å². The van der Waals surface area contributed by atoms with Gasteiger partial charge in [0.2, 0.25) is 6.41 Å². The van der Waals surface area contributed by atoms with E-state index >= 15 is 0 Å². The molecule has 0 radical (unpaired) electrons. The highest BCUT2D eigenvalue weighted by atomic mass is 32.2. The maximum absolute atomic E-state index is 10.7. The first-order valence-corrected chi connectivity index (χ1v) is 11.4. The summed E-state index contributed by atoms with van der Waals surface area (Å²) in [7, 11) is 1.50. The maximum Gasteiger partial charge on any atom is 0.211 e. The fourth-order valence-electron chi connectivity index (χ4n) is 3.29. The van der Waals surface area contributed by atoms with Crippen LogP contribution in [0.25, 0.3) is 0 Å². The molecule has 1 amide bonds. The van der Waals surface area contributed by atoms with Crippen LogP contribution < -0.4 is 16.2 Å². The number of nitrogens with one attached hydrogen (secondary N) is 1. The molecule has 0 fully saturated rings. The van der Waals surface area contributed by atoms with Gasteiger partial charge < -0.3 is 21.3 Å². The van der Waals surface area contributed by atoms with E-state index < -0.39 is 5.60 Å². The van der Waals surface area contributed by atoms with Gasteiger partial charge in [0.05, 0.1) is 22.7 Å². The monoisotopic (exact) mass is 455 g/mol. The van der Waals surface area contributed by atoms with E-state index in [9.17, 15) is 9.90 Å². The molecule has 0 saturated carbocycles. The Kier molecular flexibility index (Phi) is 10.9. The minimum atomic E-state index is -1.25. The van der Waals surface area contributed by atoms with Crippen LogP contribution in [0.2, 0.25) is 0 Å². The Morgan fingerprint density at radius 1 is 1.40 bits per heavy atom. The van der Waals surface area contributed by atoms with Crippen molar-refractivity contribution in [3.63, 3.8) is 0 Å². The van der Waals surface area contributed by atoms with E-state index in [2.05, 4.69) is 34.9 Å². The number of carbonyl (C=O) groups is 1. The molecule has 7 N–H and O–H groups in total. The SMILES string of the molecule is CC(O)(CO)c1ncc(SN)s1.CN.Cc1nc2c(c(NC=O)c1C(C)C)CCC2. The molecular weight excluding hydrogens is 422 g/mol. The van der Waals surface area contributed by atoms with E-state index in [4.69, 9.17) is 10.2 Å². The predicted molar refractivity (Wildman–Crippen MR) is 124 cm³/mol. The van der Waals surface area contributed by atoms with Crippen molar-refractivity contribution in [2.24, 2.45) is 10.9 Å². The molecule has 10 heteroatoms. The number of carbonyl (C=O) groups excluding carboxylic acids is 1. The van der Waals surface area contributed by atoms with Crippen molar-refractivity contribution >= 4 is 35.4 Å². The van der Waals surface area contributed by atoms with Crippen LogP contribution in [0.5, 0.6) is 0 Å². The van der Waals surface area contributed by atoms with Gasteiger partial charge in [-0.2, -0.15) is 0 Å². The standard InChI is InChI=1S/C13H18N2O.C6H10N2O2S2.CH5N/c1-8(2)12-9(3)15-11-6-4-5-10(11)13(12)14-7-16;1-6(10,3-9)5-8-2-4(11-5)12-7;1-2/h7-8H,4-6H2,1-3H3,(H,14,15,16);2,9-10H,3,7H2,1H3;2H2,1H3. The summed E-state index contributed by atoms with van der Waals surface area (Å²) >= 11 is 2.36. The molecule has 30 heavy (non-hydrogen) atoms. The van der Waals surface area contributed by atoms with Crippen LogP contribution in [0, 0.1) is 6.92 Å². The number of hydrogen-bond acceptors (Lipinski definition) is 9. The van der Waals surface area contributed by atoms with Gasteiger partial charge in [0, 0.05) is 11.4 Å². The number of fused-ring (bicyclic) bond motifs is 1. The van der Waals surface area contributed by atoms with Gasteiger partial charge in [0.15, 0.2) is 0 Å². The Morgan fingerprint density at radius 3 is 2.57 bits per heavy atom. The first-order valence-electron chi connectivity index (χ1n) is 9.71. The molecule has 8 nitrogen and oxygen atoms in total. The van der Waals surface area contributed by atoms with Gasteiger partial charge in [-0.25, -0.2) is 4.98 Å². The zero-order valence-electron chi connectivity index (χ0n) is 18.2. The molecule has 1 atom stereocenters. The maximum atomic E-state index is 10.7. The van der Waals surface area contributed by atoms with Gasteiger partial charge in [0.1, 0.15) is 10.6 Å². The Hall–Kier alpha value is -1.56. The minimum absolute atomic E-state index is 0.338. The predicted octanol–water partition coefficient (Wildman–Crippen LogP) is 2.45. The number of nitrogens with zero attached hydrogens (tertiary/aromatic N) is 2. The molecule has 1 aliphatic rings. The Labute approximate surface area is 186 Å². The van der Waals surface area contributed by atoms with Crippen LogP contribution in [-0.2, 0) is 23.2 Å². The van der Waals surface area contributed by atoms with E-state index in [-0.39, 0.29) is 6.61 Å². The first kappa shape index (κ1) is 26.5. The van der Waals surface area contributed by atoms with Gasteiger partial charge in [-0.3, -0.25) is 14.9 Å². The number of pyridine rings is 1. The van der Waals surface area contributed by atoms with Gasteiger partial charge in [-0.1, -0.05) is 13.8 Å². The van der Waals surface area contributed by atoms with Gasteiger partial charge in [-0.05, 0) is 69.2 Å². The van der Waals surface area contributed by atoms with Crippen LogP contribution >= 0.6 is 23.3 Å². The number of aliphatic hydroxyl groups is 2. The van der Waals surface area contributed by atoms with E-state index in [1.54, 1.807) is 6.20 Å². The third kappa shape index (κ3) is 6.47. The summed E-state index contributed by atoms with van der Waals surface area (Å²) in [6, 6.07) is 0. The number of hydrogen-bond donors (Lipinski definition) is 5. The lowest BCUT2D eigenvalue weighted by molar-refractivity contribution is -0.105. The highest BCUT2D eigenvalue weighted by molar-refractivity contribution is 7.99. The van der Waals surface area contributed by atoms with Crippen molar-refractivity contribution in [1.29, 1.82) is 0 Å². The molecule has 0 aliphatic heterocycles. The van der Waals surface area contributed by atoms with Gasteiger partial charge in [0.25, 0.3) is 0 Å².